The number of aliphatic hydroxyl groups is 1. The van der Waals surface area contributed by atoms with Gasteiger partial charge in [0, 0.05) is 38.6 Å². The summed E-state index contributed by atoms with van der Waals surface area (Å²) in [4.78, 5) is 16.2. The largest absolute Gasteiger partial charge is 0.392 e. The first-order valence-corrected chi connectivity index (χ1v) is 8.16. The van der Waals surface area contributed by atoms with E-state index in [-0.39, 0.29) is 17.8 Å². The van der Waals surface area contributed by atoms with Crippen LogP contribution >= 0.6 is 0 Å². The Morgan fingerprint density at radius 3 is 2.65 bits per heavy atom. The summed E-state index contributed by atoms with van der Waals surface area (Å²) in [6, 6.07) is 6.45. The monoisotopic (exact) mass is 322 g/mol. The minimum absolute atomic E-state index is 0.0445. The maximum absolute atomic E-state index is 13.1. The van der Waals surface area contributed by atoms with Crippen molar-refractivity contribution in [3.63, 3.8) is 0 Å². The quantitative estimate of drug-likeness (QED) is 0.904. The smallest absolute Gasteiger partial charge is 0.224 e. The highest BCUT2D eigenvalue weighted by atomic mass is 19.1. The fourth-order valence-electron chi connectivity index (χ4n) is 3.37. The van der Waals surface area contributed by atoms with Gasteiger partial charge in [-0.3, -0.25) is 9.69 Å². The zero-order valence-corrected chi connectivity index (χ0v) is 13.2. The maximum Gasteiger partial charge on any atom is 0.224 e. The van der Waals surface area contributed by atoms with Crippen LogP contribution in [0.2, 0.25) is 0 Å². The van der Waals surface area contributed by atoms with Gasteiger partial charge in [0.15, 0.2) is 0 Å². The normalized spacial score (nSPS) is 25.7. The lowest BCUT2D eigenvalue weighted by Crippen LogP contribution is -2.42. The number of likely N-dealkylation sites (tertiary alicyclic amines) is 1. The summed E-state index contributed by atoms with van der Waals surface area (Å²) in [5.41, 5.74) is 0.988. The molecule has 23 heavy (non-hydrogen) atoms. The van der Waals surface area contributed by atoms with Crippen LogP contribution in [0.5, 0.6) is 0 Å². The van der Waals surface area contributed by atoms with Gasteiger partial charge in [0.05, 0.1) is 19.3 Å². The van der Waals surface area contributed by atoms with Crippen molar-refractivity contribution in [1.82, 2.24) is 9.80 Å². The molecule has 1 amide bonds. The van der Waals surface area contributed by atoms with Crippen LogP contribution in [0.25, 0.3) is 0 Å². The third-order valence-corrected chi connectivity index (χ3v) is 4.61. The molecule has 3 rings (SSSR count). The minimum atomic E-state index is -0.399. The van der Waals surface area contributed by atoms with Gasteiger partial charge in [-0.15, -0.1) is 0 Å². The molecule has 1 aromatic carbocycles. The molecule has 0 saturated carbocycles. The van der Waals surface area contributed by atoms with Crippen molar-refractivity contribution in [2.75, 3.05) is 39.4 Å². The Balaban J connectivity index is 1.58. The lowest BCUT2D eigenvalue weighted by Gasteiger charge is -2.29. The lowest BCUT2D eigenvalue weighted by molar-refractivity contribution is -0.135. The Labute approximate surface area is 135 Å². The summed E-state index contributed by atoms with van der Waals surface area (Å²) in [7, 11) is 0. The van der Waals surface area contributed by atoms with Crippen LogP contribution in [-0.2, 0) is 9.53 Å². The van der Waals surface area contributed by atoms with Crippen molar-refractivity contribution in [2.24, 2.45) is 0 Å². The molecule has 2 aliphatic rings. The van der Waals surface area contributed by atoms with E-state index in [4.69, 9.17) is 4.74 Å². The number of carbonyl (C=O) groups is 1. The highest BCUT2D eigenvalue weighted by Gasteiger charge is 2.32. The molecule has 1 N–H and O–H groups in total. The molecule has 2 aliphatic heterocycles. The second-order valence-electron chi connectivity index (χ2n) is 6.19. The molecule has 0 bridgehead atoms. The average Bonchev–Trinajstić information content (AvgIpc) is 2.95. The van der Waals surface area contributed by atoms with E-state index in [0.717, 1.165) is 5.56 Å². The van der Waals surface area contributed by atoms with Crippen LogP contribution in [0.15, 0.2) is 24.3 Å². The highest BCUT2D eigenvalue weighted by Crippen LogP contribution is 2.32. The Morgan fingerprint density at radius 1 is 1.26 bits per heavy atom. The molecule has 2 atom stereocenters. The Bertz CT molecular complexity index is 531. The van der Waals surface area contributed by atoms with E-state index >= 15 is 0 Å². The SMILES string of the molecule is O=C(CCN1CC(O)CC1c1ccc(F)cc1)N1CCOCC1. The van der Waals surface area contributed by atoms with Gasteiger partial charge >= 0.3 is 0 Å². The summed E-state index contributed by atoms with van der Waals surface area (Å²) >= 11 is 0. The Kier molecular flexibility index (Phi) is 5.25. The van der Waals surface area contributed by atoms with E-state index < -0.39 is 6.10 Å². The van der Waals surface area contributed by atoms with Gasteiger partial charge in [0.1, 0.15) is 5.82 Å². The summed E-state index contributed by atoms with van der Waals surface area (Å²) in [5.74, 6) is -0.131. The van der Waals surface area contributed by atoms with Crippen molar-refractivity contribution in [3.8, 4) is 0 Å². The van der Waals surface area contributed by atoms with Crippen molar-refractivity contribution < 1.29 is 19.0 Å². The van der Waals surface area contributed by atoms with Crippen LogP contribution in [0.4, 0.5) is 4.39 Å². The van der Waals surface area contributed by atoms with Gasteiger partial charge < -0.3 is 14.7 Å². The minimum Gasteiger partial charge on any atom is -0.392 e. The molecule has 0 aromatic heterocycles. The first kappa shape index (κ1) is 16.4. The van der Waals surface area contributed by atoms with E-state index in [1.54, 1.807) is 12.1 Å². The average molecular weight is 322 g/mol. The number of benzene rings is 1. The number of nitrogens with zero attached hydrogens (tertiary/aromatic N) is 2. The molecule has 2 fully saturated rings. The molecular weight excluding hydrogens is 299 g/mol. The Hall–Kier alpha value is -1.50. The molecule has 2 heterocycles. The molecular formula is C17H23FN2O3. The predicted molar refractivity (Wildman–Crippen MR) is 83.4 cm³/mol. The Morgan fingerprint density at radius 2 is 1.96 bits per heavy atom. The second kappa shape index (κ2) is 7.38. The third-order valence-electron chi connectivity index (χ3n) is 4.61. The number of amides is 1. The fourth-order valence-corrected chi connectivity index (χ4v) is 3.37. The lowest BCUT2D eigenvalue weighted by atomic mass is 10.0. The van der Waals surface area contributed by atoms with Crippen LogP contribution in [0, 0.1) is 5.82 Å². The first-order valence-electron chi connectivity index (χ1n) is 8.16. The predicted octanol–water partition coefficient (Wildman–Crippen LogP) is 1.18. The summed E-state index contributed by atoms with van der Waals surface area (Å²) in [5, 5.41) is 9.97. The van der Waals surface area contributed by atoms with Gasteiger partial charge in [0.25, 0.3) is 0 Å². The molecule has 0 aliphatic carbocycles. The summed E-state index contributed by atoms with van der Waals surface area (Å²) in [6.45, 7) is 3.68. The molecule has 6 heteroatoms. The van der Waals surface area contributed by atoms with Crippen LogP contribution in [0.1, 0.15) is 24.4 Å². The van der Waals surface area contributed by atoms with E-state index in [1.165, 1.54) is 12.1 Å². The molecule has 2 unspecified atom stereocenters. The van der Waals surface area contributed by atoms with Crippen LogP contribution in [-0.4, -0.2) is 66.3 Å². The van der Waals surface area contributed by atoms with Crippen molar-refractivity contribution in [2.45, 2.75) is 25.0 Å². The molecule has 5 nitrogen and oxygen atoms in total. The number of β-amino-alcohol motifs (C(OH)–C–C–N with tert-alkyl or cyclic N) is 1. The van der Waals surface area contributed by atoms with Crippen LogP contribution < -0.4 is 0 Å². The maximum atomic E-state index is 13.1. The number of hydrogen-bond donors (Lipinski definition) is 1. The van der Waals surface area contributed by atoms with E-state index in [9.17, 15) is 14.3 Å². The standard InChI is InChI=1S/C17H23FN2O3/c18-14-3-1-13(2-4-14)16-11-15(21)12-20(16)6-5-17(22)19-7-9-23-10-8-19/h1-4,15-16,21H,5-12H2. The molecule has 1 aromatic rings. The molecule has 0 spiro atoms. The molecule has 126 valence electrons. The van der Waals surface area contributed by atoms with Crippen molar-refractivity contribution in [3.05, 3.63) is 35.6 Å². The summed E-state index contributed by atoms with van der Waals surface area (Å²) < 4.78 is 18.3. The zero-order valence-electron chi connectivity index (χ0n) is 13.2. The van der Waals surface area contributed by atoms with Gasteiger partial charge in [-0.1, -0.05) is 12.1 Å². The number of ether oxygens (including phenoxy) is 1. The van der Waals surface area contributed by atoms with Crippen molar-refractivity contribution >= 4 is 5.91 Å². The number of rotatable bonds is 4. The first-order chi connectivity index (χ1) is 11.1. The number of hydrogen-bond acceptors (Lipinski definition) is 4. The topological polar surface area (TPSA) is 53.0 Å². The highest BCUT2D eigenvalue weighted by molar-refractivity contribution is 5.76. The molecule has 2 saturated heterocycles. The zero-order chi connectivity index (χ0) is 16.2. The van der Waals surface area contributed by atoms with E-state index in [2.05, 4.69) is 4.90 Å². The number of halogens is 1. The molecule has 0 radical (unpaired) electrons. The summed E-state index contributed by atoms with van der Waals surface area (Å²) in [6.07, 6.45) is 0.658. The third kappa shape index (κ3) is 4.07. The second-order valence-corrected chi connectivity index (χ2v) is 6.19. The number of morpholine rings is 1. The van der Waals surface area contributed by atoms with Gasteiger partial charge in [0.2, 0.25) is 5.91 Å². The van der Waals surface area contributed by atoms with E-state index in [1.807, 2.05) is 4.90 Å². The van der Waals surface area contributed by atoms with Gasteiger partial charge in [-0.2, -0.15) is 0 Å². The van der Waals surface area contributed by atoms with Gasteiger partial charge in [-0.05, 0) is 24.1 Å². The fraction of sp³-hybridized carbons (Fsp3) is 0.588. The number of aliphatic hydroxyl groups excluding tert-OH is 1. The van der Waals surface area contributed by atoms with Gasteiger partial charge in [-0.25, -0.2) is 4.39 Å². The number of carbonyl (C=O) groups excluding carboxylic acids is 1. The van der Waals surface area contributed by atoms with Crippen molar-refractivity contribution in [1.29, 1.82) is 0 Å². The van der Waals surface area contributed by atoms with Crippen LogP contribution in [0.3, 0.4) is 0 Å². The van der Waals surface area contributed by atoms with E-state index in [0.29, 0.717) is 52.2 Å².